The lowest BCUT2D eigenvalue weighted by molar-refractivity contribution is -0.137. The van der Waals surface area contributed by atoms with Gasteiger partial charge in [-0.05, 0) is 23.6 Å². The number of halogens is 3. The van der Waals surface area contributed by atoms with Crippen molar-refractivity contribution in [3.8, 4) is 0 Å². The Bertz CT molecular complexity index is 512. The van der Waals surface area contributed by atoms with E-state index in [4.69, 9.17) is 5.73 Å². The lowest BCUT2D eigenvalue weighted by Gasteiger charge is -2.18. The predicted molar refractivity (Wildman–Crippen MR) is 71.3 cm³/mol. The Morgan fingerprint density at radius 2 is 1.76 bits per heavy atom. The molecule has 7 heteroatoms. The van der Waals surface area contributed by atoms with Crippen molar-refractivity contribution in [1.29, 1.82) is 0 Å². The number of hydrogen-bond donors (Lipinski definition) is 1. The highest BCUT2D eigenvalue weighted by molar-refractivity contribution is 5.83. The molecule has 0 saturated heterocycles. The molecule has 0 heterocycles. The number of primary amides is 1. The first kappa shape index (κ1) is 17.0. The van der Waals surface area contributed by atoms with E-state index >= 15 is 0 Å². The van der Waals surface area contributed by atoms with Gasteiger partial charge in [0.15, 0.2) is 0 Å². The molecule has 1 rings (SSSR count). The Kier molecular flexibility index (Phi) is 5.34. The molecule has 2 amide bonds. The maximum absolute atomic E-state index is 12.5. The SMILES string of the molecule is CC(CC(=O)N(C)CC(N)=O)c1ccc(C(F)(F)F)cc1. The smallest absolute Gasteiger partial charge is 0.368 e. The molecule has 0 radical (unpaired) electrons. The molecule has 0 saturated carbocycles. The summed E-state index contributed by atoms with van der Waals surface area (Å²) in [5, 5.41) is 0. The number of amides is 2. The van der Waals surface area contributed by atoms with E-state index in [9.17, 15) is 22.8 Å². The summed E-state index contributed by atoms with van der Waals surface area (Å²) >= 11 is 0. The monoisotopic (exact) mass is 302 g/mol. The number of hydrogen-bond acceptors (Lipinski definition) is 2. The highest BCUT2D eigenvalue weighted by Crippen LogP contribution is 2.30. The zero-order chi connectivity index (χ0) is 16.2. The highest BCUT2D eigenvalue weighted by Gasteiger charge is 2.30. The highest BCUT2D eigenvalue weighted by atomic mass is 19.4. The predicted octanol–water partition coefficient (Wildman–Crippen LogP) is 2.14. The van der Waals surface area contributed by atoms with Crippen molar-refractivity contribution < 1.29 is 22.8 Å². The number of carbonyl (C=O) groups is 2. The second-order valence-electron chi connectivity index (χ2n) is 4.94. The average Bonchev–Trinajstić information content (AvgIpc) is 2.36. The van der Waals surface area contributed by atoms with E-state index in [1.54, 1.807) is 6.92 Å². The molecular weight excluding hydrogens is 285 g/mol. The van der Waals surface area contributed by atoms with Crippen LogP contribution < -0.4 is 5.73 Å². The van der Waals surface area contributed by atoms with Crippen LogP contribution in [0.5, 0.6) is 0 Å². The average molecular weight is 302 g/mol. The molecule has 0 aromatic heterocycles. The van der Waals surface area contributed by atoms with E-state index in [-0.39, 0.29) is 24.8 Å². The lowest BCUT2D eigenvalue weighted by atomic mass is 9.96. The normalized spacial score (nSPS) is 12.8. The summed E-state index contributed by atoms with van der Waals surface area (Å²) in [7, 11) is 1.45. The fourth-order valence-electron chi connectivity index (χ4n) is 1.86. The van der Waals surface area contributed by atoms with Crippen LogP contribution in [0.25, 0.3) is 0 Å². The zero-order valence-electron chi connectivity index (χ0n) is 11.8. The van der Waals surface area contributed by atoms with E-state index in [0.717, 1.165) is 12.1 Å². The van der Waals surface area contributed by atoms with Gasteiger partial charge in [0.2, 0.25) is 11.8 Å². The molecule has 1 aromatic rings. The number of rotatable bonds is 5. The number of nitrogens with two attached hydrogens (primary N) is 1. The van der Waals surface area contributed by atoms with Gasteiger partial charge in [-0.1, -0.05) is 19.1 Å². The van der Waals surface area contributed by atoms with E-state index in [0.29, 0.717) is 5.56 Å². The van der Waals surface area contributed by atoms with Gasteiger partial charge in [0.1, 0.15) is 0 Å². The van der Waals surface area contributed by atoms with Crippen molar-refractivity contribution in [2.75, 3.05) is 13.6 Å². The van der Waals surface area contributed by atoms with Crippen LogP contribution in [0, 0.1) is 0 Å². The van der Waals surface area contributed by atoms with Crippen molar-refractivity contribution in [2.45, 2.75) is 25.4 Å². The number of benzene rings is 1. The van der Waals surface area contributed by atoms with Gasteiger partial charge in [-0.2, -0.15) is 13.2 Å². The van der Waals surface area contributed by atoms with Gasteiger partial charge in [0.25, 0.3) is 0 Å². The van der Waals surface area contributed by atoms with Gasteiger partial charge < -0.3 is 10.6 Å². The van der Waals surface area contributed by atoms with Gasteiger partial charge in [-0.25, -0.2) is 0 Å². The summed E-state index contributed by atoms with van der Waals surface area (Å²) in [6.07, 6.45) is -4.28. The molecular formula is C14H17F3N2O2. The molecule has 1 unspecified atom stereocenters. The Labute approximate surface area is 120 Å². The molecule has 4 nitrogen and oxygen atoms in total. The number of likely N-dealkylation sites (N-methyl/N-ethyl adjacent to an activating group) is 1. The second kappa shape index (κ2) is 6.60. The first-order valence-corrected chi connectivity index (χ1v) is 6.30. The largest absolute Gasteiger partial charge is 0.416 e. The number of carbonyl (C=O) groups excluding carboxylic acids is 2. The van der Waals surface area contributed by atoms with E-state index in [1.807, 2.05) is 0 Å². The zero-order valence-corrected chi connectivity index (χ0v) is 11.8. The molecule has 0 fully saturated rings. The van der Waals surface area contributed by atoms with Crippen molar-refractivity contribution in [3.63, 3.8) is 0 Å². The molecule has 1 aromatic carbocycles. The molecule has 0 bridgehead atoms. The van der Waals surface area contributed by atoms with Gasteiger partial charge in [-0.15, -0.1) is 0 Å². The third kappa shape index (κ3) is 5.09. The standard InChI is InChI=1S/C14H17F3N2O2/c1-9(7-13(21)19(2)8-12(18)20)10-3-5-11(6-4-10)14(15,16)17/h3-6,9H,7-8H2,1-2H3,(H2,18,20). The Hall–Kier alpha value is -2.05. The minimum atomic E-state index is -4.38. The summed E-state index contributed by atoms with van der Waals surface area (Å²) < 4.78 is 37.4. The summed E-state index contributed by atoms with van der Waals surface area (Å²) in [4.78, 5) is 23.7. The van der Waals surface area contributed by atoms with Gasteiger partial charge >= 0.3 is 6.18 Å². The summed E-state index contributed by atoms with van der Waals surface area (Å²) in [6, 6.07) is 4.69. The van der Waals surface area contributed by atoms with Crippen molar-refractivity contribution >= 4 is 11.8 Å². The lowest BCUT2D eigenvalue weighted by Crippen LogP contribution is -2.35. The molecule has 0 spiro atoms. The molecule has 1 atom stereocenters. The molecule has 0 aliphatic carbocycles. The minimum absolute atomic E-state index is 0.0924. The Morgan fingerprint density at radius 3 is 2.19 bits per heavy atom. The van der Waals surface area contributed by atoms with Crippen molar-refractivity contribution in [2.24, 2.45) is 5.73 Å². The fourth-order valence-corrected chi connectivity index (χ4v) is 1.86. The maximum atomic E-state index is 12.5. The Balaban J connectivity index is 2.69. The van der Waals surface area contributed by atoms with E-state index in [2.05, 4.69) is 0 Å². The number of alkyl halides is 3. The van der Waals surface area contributed by atoms with Crippen molar-refractivity contribution in [1.82, 2.24) is 4.90 Å². The summed E-state index contributed by atoms with van der Waals surface area (Å²) in [5.41, 5.74) is 4.89. The van der Waals surface area contributed by atoms with Crippen LogP contribution in [0.3, 0.4) is 0 Å². The van der Waals surface area contributed by atoms with Gasteiger partial charge in [0.05, 0.1) is 12.1 Å². The molecule has 0 aliphatic rings. The molecule has 21 heavy (non-hydrogen) atoms. The first-order valence-electron chi connectivity index (χ1n) is 6.30. The third-order valence-electron chi connectivity index (χ3n) is 3.11. The van der Waals surface area contributed by atoms with E-state index in [1.165, 1.54) is 24.1 Å². The first-order chi connectivity index (χ1) is 9.61. The topological polar surface area (TPSA) is 63.4 Å². The quantitative estimate of drug-likeness (QED) is 0.905. The van der Waals surface area contributed by atoms with Gasteiger partial charge in [-0.3, -0.25) is 9.59 Å². The Morgan fingerprint density at radius 1 is 1.24 bits per heavy atom. The van der Waals surface area contributed by atoms with Crippen LogP contribution >= 0.6 is 0 Å². The van der Waals surface area contributed by atoms with Gasteiger partial charge in [0, 0.05) is 13.5 Å². The second-order valence-corrected chi connectivity index (χ2v) is 4.94. The van der Waals surface area contributed by atoms with Crippen LogP contribution in [0.2, 0.25) is 0 Å². The van der Waals surface area contributed by atoms with Crippen molar-refractivity contribution in [3.05, 3.63) is 35.4 Å². The van der Waals surface area contributed by atoms with Crippen LogP contribution in [-0.4, -0.2) is 30.3 Å². The molecule has 0 aliphatic heterocycles. The molecule has 116 valence electrons. The summed E-state index contributed by atoms with van der Waals surface area (Å²) in [6.45, 7) is 1.55. The summed E-state index contributed by atoms with van der Waals surface area (Å²) in [5.74, 6) is -1.16. The maximum Gasteiger partial charge on any atom is 0.416 e. The minimum Gasteiger partial charge on any atom is -0.368 e. The van der Waals surface area contributed by atoms with Crippen LogP contribution in [0.15, 0.2) is 24.3 Å². The molecule has 2 N–H and O–H groups in total. The number of nitrogens with zero attached hydrogens (tertiary/aromatic N) is 1. The van der Waals surface area contributed by atoms with Crippen LogP contribution in [-0.2, 0) is 15.8 Å². The van der Waals surface area contributed by atoms with Crippen LogP contribution in [0.4, 0.5) is 13.2 Å². The third-order valence-corrected chi connectivity index (χ3v) is 3.11. The van der Waals surface area contributed by atoms with E-state index < -0.39 is 17.6 Å². The fraction of sp³-hybridized carbons (Fsp3) is 0.429. The van der Waals surface area contributed by atoms with Crippen LogP contribution in [0.1, 0.15) is 30.4 Å².